The van der Waals surface area contributed by atoms with Crippen LogP contribution in [0.25, 0.3) is 21.5 Å². The van der Waals surface area contributed by atoms with Gasteiger partial charge in [-0.25, -0.2) is 0 Å². The number of hydrogen-bond acceptors (Lipinski definition) is 4. The normalized spacial score (nSPS) is 12.5. The van der Waals surface area contributed by atoms with Gasteiger partial charge in [0.1, 0.15) is 19.3 Å². The lowest BCUT2D eigenvalue weighted by Crippen LogP contribution is -2.42. The fourth-order valence-corrected chi connectivity index (χ4v) is 3.16. The standard InChI is InChI=1S/C7H8N6OP/c1-14-13-5-3-4-6(9-11-8-4)15(2)7(5)10-12-13/h3H,1-2H3,(H,8,9,11,12)/q+1/p+1. The largest absolute Gasteiger partial charge is 0.420 e. The first kappa shape index (κ1) is 8.55. The van der Waals surface area contributed by atoms with Gasteiger partial charge in [0.25, 0.3) is 10.8 Å². The Labute approximate surface area is 85.1 Å². The highest BCUT2D eigenvalue weighted by Crippen LogP contribution is 2.37. The van der Waals surface area contributed by atoms with E-state index in [1.54, 1.807) is 7.11 Å². The third-order valence-electron chi connectivity index (χ3n) is 2.35. The van der Waals surface area contributed by atoms with Gasteiger partial charge in [-0.15, -0.1) is 0 Å². The van der Waals surface area contributed by atoms with E-state index in [0.29, 0.717) is 0 Å². The maximum absolute atomic E-state index is 5.12. The van der Waals surface area contributed by atoms with Gasteiger partial charge < -0.3 is 4.84 Å². The van der Waals surface area contributed by atoms with Crippen LogP contribution in [0.3, 0.4) is 0 Å². The zero-order valence-corrected chi connectivity index (χ0v) is 9.12. The van der Waals surface area contributed by atoms with Gasteiger partial charge >= 0.3 is 5.25 Å². The SMILES string of the molecule is CO[n+]1[nH]nc2c1cc1[nH]nnc1[p+]2C. The molecule has 76 valence electrons. The molecule has 0 bridgehead atoms. The Kier molecular flexibility index (Phi) is 1.63. The number of aromatic amines is 2. The van der Waals surface area contributed by atoms with Crippen molar-refractivity contribution in [1.29, 1.82) is 0 Å². The number of H-pyrrole nitrogens is 2. The summed E-state index contributed by atoms with van der Waals surface area (Å²) in [6.07, 6.45) is 0. The minimum Gasteiger partial charge on any atom is -0.320 e. The van der Waals surface area contributed by atoms with E-state index in [2.05, 4.69) is 32.4 Å². The van der Waals surface area contributed by atoms with Crippen LogP contribution < -0.4 is 9.68 Å². The Morgan fingerprint density at radius 3 is 3.13 bits per heavy atom. The average molecular weight is 224 g/mol. The molecular weight excluding hydrogens is 215 g/mol. The minimum atomic E-state index is -0.550. The Hall–Kier alpha value is -1.75. The Bertz CT molecular complexity index is 643. The second-order valence-electron chi connectivity index (χ2n) is 3.15. The number of rotatable bonds is 1. The summed E-state index contributed by atoms with van der Waals surface area (Å²) in [5.74, 6) is 0. The van der Waals surface area contributed by atoms with Crippen molar-refractivity contribution in [3.05, 3.63) is 6.07 Å². The molecule has 0 radical (unpaired) electrons. The summed E-state index contributed by atoms with van der Waals surface area (Å²) in [4.78, 5) is 6.64. The van der Waals surface area contributed by atoms with E-state index in [4.69, 9.17) is 4.84 Å². The van der Waals surface area contributed by atoms with Gasteiger partial charge in [-0.3, -0.25) is 5.10 Å². The van der Waals surface area contributed by atoms with Crippen molar-refractivity contribution in [1.82, 2.24) is 25.7 Å². The van der Waals surface area contributed by atoms with Crippen LogP contribution in [0.15, 0.2) is 6.07 Å². The quantitative estimate of drug-likeness (QED) is 0.569. The van der Waals surface area contributed by atoms with Crippen molar-refractivity contribution in [3.63, 3.8) is 0 Å². The Balaban J connectivity index is 2.53. The Morgan fingerprint density at radius 2 is 2.33 bits per heavy atom. The van der Waals surface area contributed by atoms with E-state index in [-0.39, 0.29) is 0 Å². The predicted octanol–water partition coefficient (Wildman–Crippen LogP) is -0.0152. The smallest absolute Gasteiger partial charge is 0.320 e. The first-order valence-electron chi connectivity index (χ1n) is 4.35. The van der Waals surface area contributed by atoms with Gasteiger partial charge in [0.15, 0.2) is 0 Å². The maximum Gasteiger partial charge on any atom is 0.420 e. The molecule has 0 aliphatic heterocycles. The predicted molar refractivity (Wildman–Crippen MR) is 54.3 cm³/mol. The number of hydrogen-bond donors (Lipinski definition) is 2. The van der Waals surface area contributed by atoms with E-state index in [9.17, 15) is 0 Å². The van der Waals surface area contributed by atoms with E-state index < -0.39 is 7.53 Å². The fourth-order valence-electron chi connectivity index (χ4n) is 1.62. The summed E-state index contributed by atoms with van der Waals surface area (Å²) in [6.45, 7) is 2.10. The van der Waals surface area contributed by atoms with Gasteiger partial charge in [-0.05, 0) is 5.21 Å². The summed E-state index contributed by atoms with van der Waals surface area (Å²) in [5, 5.41) is 19.7. The summed E-state index contributed by atoms with van der Waals surface area (Å²) in [6, 6.07) is 1.93. The topological polar surface area (TPSA) is 83.4 Å². The summed E-state index contributed by atoms with van der Waals surface area (Å²) < 4.78 is 0. The van der Waals surface area contributed by atoms with Gasteiger partial charge in [0.05, 0.1) is 5.10 Å². The number of aryl methyl sites for hydroxylation is 1. The molecule has 3 heterocycles. The number of nitrogens with one attached hydrogen (secondary N) is 2. The third kappa shape index (κ3) is 1.04. The molecule has 0 aliphatic rings. The van der Waals surface area contributed by atoms with E-state index in [0.717, 1.165) is 21.5 Å². The molecule has 3 aromatic heterocycles. The van der Waals surface area contributed by atoms with Crippen molar-refractivity contribution in [3.8, 4) is 0 Å². The lowest BCUT2D eigenvalue weighted by atomic mass is 10.5. The minimum absolute atomic E-state index is 0.550. The molecule has 2 N–H and O–H groups in total. The Morgan fingerprint density at radius 1 is 1.47 bits per heavy atom. The molecule has 0 saturated carbocycles. The first-order valence-corrected chi connectivity index (χ1v) is 6.14. The summed E-state index contributed by atoms with van der Waals surface area (Å²) in [5.41, 5.74) is 1.85. The first-order chi connectivity index (χ1) is 7.31. The molecule has 0 fully saturated rings. The second-order valence-corrected chi connectivity index (χ2v) is 5.12. The van der Waals surface area contributed by atoms with Crippen LogP contribution in [0.2, 0.25) is 0 Å². The molecule has 0 amide bonds. The highest BCUT2D eigenvalue weighted by Gasteiger charge is 2.29. The zero-order chi connectivity index (χ0) is 10.4. The highest BCUT2D eigenvalue weighted by molar-refractivity contribution is 7.58. The molecule has 1 unspecified atom stereocenters. The van der Waals surface area contributed by atoms with Crippen molar-refractivity contribution in [2.24, 2.45) is 6.66 Å². The number of nitrogens with zero attached hydrogens (tertiary/aromatic N) is 4. The molecule has 1 atom stereocenters. The van der Waals surface area contributed by atoms with E-state index in [1.807, 2.05) is 6.07 Å². The van der Waals surface area contributed by atoms with Crippen molar-refractivity contribution >= 4 is 29.1 Å². The van der Waals surface area contributed by atoms with Gasteiger partial charge in [-0.2, -0.15) is 0 Å². The lowest BCUT2D eigenvalue weighted by Gasteiger charge is -1.87. The van der Waals surface area contributed by atoms with E-state index in [1.165, 1.54) is 4.85 Å². The van der Waals surface area contributed by atoms with Crippen LogP contribution in [-0.2, 0) is 6.66 Å². The molecule has 0 saturated heterocycles. The van der Waals surface area contributed by atoms with Crippen LogP contribution in [-0.4, -0.2) is 32.8 Å². The van der Waals surface area contributed by atoms with Crippen LogP contribution in [0.4, 0.5) is 0 Å². The lowest BCUT2D eigenvalue weighted by molar-refractivity contribution is -0.911. The van der Waals surface area contributed by atoms with Crippen LogP contribution in [0.5, 0.6) is 0 Å². The van der Waals surface area contributed by atoms with Crippen molar-refractivity contribution in [2.75, 3.05) is 7.11 Å². The van der Waals surface area contributed by atoms with Crippen molar-refractivity contribution < 1.29 is 9.68 Å². The fraction of sp³-hybridized carbons (Fsp3) is 0.286. The van der Waals surface area contributed by atoms with Gasteiger partial charge in [0.2, 0.25) is 7.53 Å². The monoisotopic (exact) mass is 224 g/mol. The molecule has 3 aromatic rings. The second kappa shape index (κ2) is 2.87. The molecule has 15 heavy (non-hydrogen) atoms. The molecule has 8 heteroatoms. The summed E-state index contributed by atoms with van der Waals surface area (Å²) in [7, 11) is 1.04. The van der Waals surface area contributed by atoms with E-state index >= 15 is 0 Å². The number of fused-ring (bicyclic) bond motifs is 2. The molecule has 7 nitrogen and oxygen atoms in total. The molecular formula is C7H9N6OP+2. The average Bonchev–Trinajstić information content (AvgIpc) is 2.83. The molecule has 0 aliphatic carbocycles. The summed E-state index contributed by atoms with van der Waals surface area (Å²) >= 11 is 0. The molecule has 0 spiro atoms. The van der Waals surface area contributed by atoms with Crippen LogP contribution in [0, 0.1) is 0 Å². The molecule has 0 aromatic carbocycles. The van der Waals surface area contributed by atoms with Crippen molar-refractivity contribution in [2.45, 2.75) is 0 Å². The maximum atomic E-state index is 5.12. The molecule has 3 rings (SSSR count). The number of aromatic nitrogens is 6. The third-order valence-corrected chi connectivity index (χ3v) is 4.28. The zero-order valence-electron chi connectivity index (χ0n) is 8.22. The van der Waals surface area contributed by atoms with Gasteiger partial charge in [0, 0.05) is 10.9 Å². The van der Waals surface area contributed by atoms with Crippen LogP contribution >= 0.6 is 7.53 Å². The van der Waals surface area contributed by atoms with Crippen LogP contribution in [0.1, 0.15) is 0 Å². The van der Waals surface area contributed by atoms with Gasteiger partial charge in [-0.1, -0.05) is 10.3 Å². The highest BCUT2D eigenvalue weighted by atomic mass is 31.1.